The Hall–Kier alpha value is 2.92. The van der Waals surface area contributed by atoms with Crippen LogP contribution in [0.2, 0.25) is 0 Å². The molecule has 0 N–H and O–H groups in total. The van der Waals surface area contributed by atoms with Gasteiger partial charge in [-0.3, -0.25) is 0 Å². The first-order chi connectivity index (χ1) is 0. The molecular weight excluding hydrogens is 239 g/mol. The van der Waals surface area contributed by atoms with E-state index in [9.17, 15) is 0 Å². The predicted molar refractivity (Wildman–Crippen MR) is 17.1 cm³/mol. The summed E-state index contributed by atoms with van der Waals surface area (Å²) in [5, 5.41) is 0. The molecule has 0 aromatic carbocycles. The molecule has 4 heavy (non-hydrogen) atoms. The molecule has 0 aliphatic rings. The van der Waals surface area contributed by atoms with Crippen molar-refractivity contribution in [1.29, 1.82) is 0 Å². The molecule has 0 unspecified atom stereocenters. The van der Waals surface area contributed by atoms with Crippen LogP contribution >= 0.6 is 0 Å². The second-order valence-corrected chi connectivity index (χ2v) is 0. The SMILES string of the molecule is [CaH2].[Mn].[SeH2].[Zn]. The normalized spacial score (nSPS) is 0. The quantitative estimate of drug-likeness (QED) is 0.439. The van der Waals surface area contributed by atoms with E-state index in [4.69, 9.17) is 0 Å². The van der Waals surface area contributed by atoms with Crippen LogP contribution in [-0.2, 0) is 36.5 Å². The molecular formula is H4CaMnSeZn. The van der Waals surface area contributed by atoms with Gasteiger partial charge in [0.15, 0.2) is 0 Å². The van der Waals surface area contributed by atoms with E-state index < -0.39 is 0 Å². The Morgan fingerprint density at radius 3 is 1.00 bits per heavy atom. The van der Waals surface area contributed by atoms with Crippen LogP contribution < -0.4 is 0 Å². The van der Waals surface area contributed by atoms with Crippen LogP contribution in [0.1, 0.15) is 0 Å². The van der Waals surface area contributed by atoms with Gasteiger partial charge in [0.05, 0.1) is 0 Å². The molecule has 0 amide bonds. The number of hydrogen-bond donors (Lipinski definition) is 0. The summed E-state index contributed by atoms with van der Waals surface area (Å²) in [7, 11) is 0. The zero-order chi connectivity index (χ0) is 0. The molecule has 0 aliphatic carbocycles. The van der Waals surface area contributed by atoms with Gasteiger partial charge in [-0.05, 0) is 0 Å². The third-order valence-electron chi connectivity index (χ3n) is 0. The van der Waals surface area contributed by atoms with E-state index in [1.54, 1.807) is 0 Å². The zero-order valence-electron chi connectivity index (χ0n) is 1.59. The largest absolute Gasteiger partial charge is 0 e. The molecule has 0 fully saturated rings. The minimum absolute atomic E-state index is 0. The average Bonchev–Trinajstić information content (AvgIpc) is 0. The van der Waals surface area contributed by atoms with E-state index in [1.165, 1.54) is 0 Å². The maximum absolute atomic E-state index is 0. The van der Waals surface area contributed by atoms with Crippen molar-refractivity contribution in [3.05, 3.63) is 0 Å². The first kappa shape index (κ1) is 28.4. The van der Waals surface area contributed by atoms with E-state index in [0.717, 1.165) is 0 Å². The molecule has 0 aromatic rings. The van der Waals surface area contributed by atoms with Crippen molar-refractivity contribution >= 4 is 54.8 Å². The molecule has 0 bridgehead atoms. The monoisotopic (exact) mass is 243 g/mol. The van der Waals surface area contributed by atoms with Crippen LogP contribution in [-0.4, -0.2) is 54.8 Å². The summed E-state index contributed by atoms with van der Waals surface area (Å²) in [6.07, 6.45) is 0. The van der Waals surface area contributed by atoms with Crippen LogP contribution in [0.25, 0.3) is 0 Å². The second kappa shape index (κ2) is 16.8. The van der Waals surface area contributed by atoms with E-state index in [0.29, 0.717) is 0 Å². The summed E-state index contributed by atoms with van der Waals surface area (Å²) in [6.45, 7) is 0. The summed E-state index contributed by atoms with van der Waals surface area (Å²) in [4.78, 5) is 0. The second-order valence-electron chi connectivity index (χ2n) is 0. The summed E-state index contributed by atoms with van der Waals surface area (Å²) in [5.74, 6) is 0. The minimum Gasteiger partial charge on any atom is 0 e. The van der Waals surface area contributed by atoms with Crippen molar-refractivity contribution in [2.24, 2.45) is 0 Å². The van der Waals surface area contributed by atoms with Crippen LogP contribution in [0.15, 0.2) is 0 Å². The van der Waals surface area contributed by atoms with Gasteiger partial charge in [-0.15, -0.1) is 0 Å². The van der Waals surface area contributed by atoms with Gasteiger partial charge in [-0.25, -0.2) is 0 Å². The number of hydrogen-bond acceptors (Lipinski definition) is 0. The van der Waals surface area contributed by atoms with Gasteiger partial charge in [0.2, 0.25) is 0 Å². The van der Waals surface area contributed by atoms with Crippen LogP contribution in [0.4, 0.5) is 0 Å². The van der Waals surface area contributed by atoms with Crippen LogP contribution in [0.3, 0.4) is 0 Å². The summed E-state index contributed by atoms with van der Waals surface area (Å²) >= 11 is 0. The fraction of sp³-hybridized carbons (Fsp3) is 0. The molecule has 0 spiro atoms. The Morgan fingerprint density at radius 1 is 1.00 bits per heavy atom. The van der Waals surface area contributed by atoms with Gasteiger partial charge in [-0.2, -0.15) is 0 Å². The smallest absolute Gasteiger partial charge is 0 e. The van der Waals surface area contributed by atoms with E-state index >= 15 is 0 Å². The molecule has 0 aliphatic heterocycles. The minimum atomic E-state index is 0. The van der Waals surface area contributed by atoms with E-state index in [2.05, 4.69) is 0 Å². The summed E-state index contributed by atoms with van der Waals surface area (Å²) in [5.41, 5.74) is 0. The standard InChI is InChI=1S/Ca.Mn.H2Se.Zn.2H/h;;1H2;;;. The Kier molecular flexibility index (Phi) is 119. The molecule has 0 atom stereocenters. The molecule has 0 heterocycles. The van der Waals surface area contributed by atoms with Crippen molar-refractivity contribution in [2.75, 3.05) is 0 Å². The molecule has 21 valence electrons. The van der Waals surface area contributed by atoms with Crippen molar-refractivity contribution in [2.45, 2.75) is 0 Å². The van der Waals surface area contributed by atoms with Gasteiger partial charge in [0, 0.05) is 36.5 Å². The molecule has 0 nitrogen and oxygen atoms in total. The van der Waals surface area contributed by atoms with Gasteiger partial charge in [0.25, 0.3) is 0 Å². The predicted octanol–water partition coefficient (Wildman–Crippen LogP) is -1.84. The van der Waals surface area contributed by atoms with Crippen molar-refractivity contribution in [1.82, 2.24) is 0 Å². The first-order valence-electron chi connectivity index (χ1n) is 0. The van der Waals surface area contributed by atoms with Gasteiger partial charge >= 0.3 is 54.8 Å². The van der Waals surface area contributed by atoms with E-state index in [-0.39, 0.29) is 91.4 Å². The topological polar surface area (TPSA) is 0 Å². The molecule has 0 rings (SSSR count). The molecule has 0 saturated carbocycles. The maximum atomic E-state index is 0. The summed E-state index contributed by atoms with van der Waals surface area (Å²) in [6, 6.07) is 0. The zero-order valence-corrected chi connectivity index (χ0v) is 7.83. The molecule has 4 heteroatoms. The van der Waals surface area contributed by atoms with Gasteiger partial charge < -0.3 is 0 Å². The van der Waals surface area contributed by atoms with E-state index in [1.807, 2.05) is 0 Å². The Morgan fingerprint density at radius 2 is 1.00 bits per heavy atom. The fourth-order valence-corrected chi connectivity index (χ4v) is 0. The van der Waals surface area contributed by atoms with Crippen molar-refractivity contribution in [3.63, 3.8) is 0 Å². The summed E-state index contributed by atoms with van der Waals surface area (Å²) < 4.78 is 0. The maximum Gasteiger partial charge on any atom is 0 e. The van der Waals surface area contributed by atoms with Crippen molar-refractivity contribution < 1.29 is 36.5 Å². The molecule has 0 aromatic heterocycles. The molecule has 1 radical (unpaired) electrons. The Bertz CT molecular complexity index is 8.00. The Balaban J connectivity index is 0. The average molecular weight is 243 g/mol. The van der Waals surface area contributed by atoms with Gasteiger partial charge in [-0.1, -0.05) is 0 Å². The molecule has 0 saturated heterocycles. The Labute approximate surface area is 89.6 Å². The fourth-order valence-electron chi connectivity index (χ4n) is 0. The van der Waals surface area contributed by atoms with Crippen molar-refractivity contribution in [3.8, 4) is 0 Å². The third kappa shape index (κ3) is 8.87. The number of rotatable bonds is 0. The van der Waals surface area contributed by atoms with Crippen LogP contribution in [0, 0.1) is 0 Å². The third-order valence-corrected chi connectivity index (χ3v) is 0. The van der Waals surface area contributed by atoms with Crippen LogP contribution in [0.5, 0.6) is 0 Å². The van der Waals surface area contributed by atoms with Gasteiger partial charge in [0.1, 0.15) is 0 Å². The first-order valence-corrected chi connectivity index (χ1v) is 0.